The highest BCUT2D eigenvalue weighted by atomic mass is 16.5. The van der Waals surface area contributed by atoms with Crippen LogP contribution in [0.3, 0.4) is 0 Å². The number of β-amino-alcohol motifs (C(OH)–C–C–N with tert-alkyl or cyclic N) is 1. The van der Waals surface area contributed by atoms with Crippen molar-refractivity contribution in [3.8, 4) is 5.75 Å². The van der Waals surface area contributed by atoms with Crippen LogP contribution < -0.4 is 4.74 Å². The van der Waals surface area contributed by atoms with Gasteiger partial charge in [0.15, 0.2) is 0 Å². The third-order valence-electron chi connectivity index (χ3n) is 7.71. The van der Waals surface area contributed by atoms with E-state index in [9.17, 15) is 14.7 Å². The Bertz CT molecular complexity index is 1280. The molecule has 0 radical (unpaired) electrons. The maximum atomic E-state index is 13.1. The Morgan fingerprint density at radius 1 is 0.821 bits per heavy atom. The van der Waals surface area contributed by atoms with Gasteiger partial charge in [-0.25, -0.2) is 0 Å². The van der Waals surface area contributed by atoms with Crippen LogP contribution in [0.5, 0.6) is 5.75 Å². The molecule has 0 saturated carbocycles. The number of amides is 2. The first-order chi connectivity index (χ1) is 18.9. The molecule has 1 N–H and O–H groups in total. The Morgan fingerprint density at radius 3 is 2.15 bits per heavy atom. The third-order valence-corrected chi connectivity index (χ3v) is 7.71. The van der Waals surface area contributed by atoms with Crippen molar-refractivity contribution >= 4 is 22.6 Å². The van der Waals surface area contributed by atoms with Crippen molar-refractivity contribution in [1.82, 2.24) is 14.7 Å². The Labute approximate surface area is 229 Å². The zero-order valence-corrected chi connectivity index (χ0v) is 22.8. The van der Waals surface area contributed by atoms with E-state index in [0.29, 0.717) is 44.0 Å². The number of hydrogen-bond donors (Lipinski definition) is 1. The number of piperazine rings is 1. The van der Waals surface area contributed by atoms with E-state index < -0.39 is 6.10 Å². The van der Waals surface area contributed by atoms with Crippen LogP contribution >= 0.6 is 0 Å². The Balaban J connectivity index is 1.00. The fourth-order valence-corrected chi connectivity index (χ4v) is 5.31. The smallest absolute Gasteiger partial charge is 0.261 e. The van der Waals surface area contributed by atoms with Crippen LogP contribution in [0.1, 0.15) is 31.8 Å². The van der Waals surface area contributed by atoms with Gasteiger partial charge in [-0.3, -0.25) is 24.3 Å². The number of benzene rings is 3. The minimum Gasteiger partial charge on any atom is -0.491 e. The molecule has 8 nitrogen and oxygen atoms in total. The van der Waals surface area contributed by atoms with Gasteiger partial charge >= 0.3 is 0 Å². The first-order valence-electron chi connectivity index (χ1n) is 13.7. The molecule has 2 amide bonds. The van der Waals surface area contributed by atoms with Gasteiger partial charge in [-0.1, -0.05) is 30.3 Å². The van der Waals surface area contributed by atoms with Crippen molar-refractivity contribution in [3.05, 3.63) is 76.9 Å². The van der Waals surface area contributed by atoms with Gasteiger partial charge in [-0.15, -0.1) is 0 Å². The maximum Gasteiger partial charge on any atom is 0.261 e. The summed E-state index contributed by atoms with van der Waals surface area (Å²) in [4.78, 5) is 32.1. The average molecular weight is 532 g/mol. The highest BCUT2D eigenvalue weighted by Gasteiger charge is 2.33. The number of rotatable bonds is 11. The molecule has 39 heavy (non-hydrogen) atoms. The van der Waals surface area contributed by atoms with Crippen LogP contribution in [0.15, 0.2) is 54.6 Å². The molecule has 0 aromatic heterocycles. The second-order valence-electron chi connectivity index (χ2n) is 10.4. The predicted octanol–water partition coefficient (Wildman–Crippen LogP) is 3.13. The van der Waals surface area contributed by atoms with Gasteiger partial charge in [0.25, 0.3) is 11.8 Å². The minimum atomic E-state index is -0.565. The van der Waals surface area contributed by atoms with Crippen LogP contribution in [0.25, 0.3) is 10.8 Å². The lowest BCUT2D eigenvalue weighted by Crippen LogP contribution is -2.51. The fraction of sp³-hybridized carbons (Fsp3) is 0.419. The Morgan fingerprint density at radius 2 is 1.49 bits per heavy atom. The molecule has 2 heterocycles. The molecule has 8 heteroatoms. The summed E-state index contributed by atoms with van der Waals surface area (Å²) in [5, 5.41) is 12.1. The maximum absolute atomic E-state index is 13.1. The Hall–Kier alpha value is -3.30. The zero-order valence-electron chi connectivity index (χ0n) is 22.8. The quantitative estimate of drug-likeness (QED) is 0.301. The van der Waals surface area contributed by atoms with E-state index in [4.69, 9.17) is 9.47 Å². The number of hydrogen-bond acceptors (Lipinski definition) is 7. The van der Waals surface area contributed by atoms with E-state index in [0.717, 1.165) is 42.7 Å². The lowest BCUT2D eigenvalue weighted by Gasteiger charge is -2.36. The first-order valence-corrected chi connectivity index (χ1v) is 13.7. The van der Waals surface area contributed by atoms with Crippen molar-refractivity contribution in [2.24, 2.45) is 0 Å². The largest absolute Gasteiger partial charge is 0.491 e. The molecule has 1 atom stereocenters. The highest BCUT2D eigenvalue weighted by molar-refractivity contribution is 6.25. The number of imide groups is 1. The summed E-state index contributed by atoms with van der Waals surface area (Å²) >= 11 is 0. The van der Waals surface area contributed by atoms with Crippen molar-refractivity contribution in [2.45, 2.75) is 20.0 Å². The molecule has 1 fully saturated rings. The van der Waals surface area contributed by atoms with E-state index in [1.807, 2.05) is 42.5 Å². The third kappa shape index (κ3) is 6.31. The average Bonchev–Trinajstić information content (AvgIpc) is 2.94. The minimum absolute atomic E-state index is 0.217. The van der Waals surface area contributed by atoms with Gasteiger partial charge in [-0.05, 0) is 54.6 Å². The normalized spacial score (nSPS) is 17.2. The number of aliphatic hydroxyl groups excluding tert-OH is 1. The molecule has 3 aromatic rings. The van der Waals surface area contributed by atoms with Gasteiger partial charge in [0.1, 0.15) is 12.4 Å². The zero-order chi connectivity index (χ0) is 27.4. The number of aryl methyl sites for hydroxylation is 2. The van der Waals surface area contributed by atoms with Gasteiger partial charge < -0.3 is 14.6 Å². The standard InChI is InChI=1S/C31H37N3O5/c1-22-9-10-26(19-23(22)2)39-18-17-38-21-25(35)20-33-13-11-32(12-14-33)15-16-34-30(36)27-7-3-5-24-6-4-8-28(29(24)27)31(34)37/h3-10,19,25,35H,11-18,20-21H2,1-2H3. The van der Waals surface area contributed by atoms with Gasteiger partial charge in [0.05, 0.1) is 19.3 Å². The van der Waals surface area contributed by atoms with Crippen LogP contribution in [0, 0.1) is 13.8 Å². The molecule has 0 bridgehead atoms. The molecule has 2 aliphatic rings. The second-order valence-corrected chi connectivity index (χ2v) is 10.4. The van der Waals surface area contributed by atoms with E-state index in [-0.39, 0.29) is 18.4 Å². The van der Waals surface area contributed by atoms with Gasteiger partial charge in [0.2, 0.25) is 0 Å². The monoisotopic (exact) mass is 531 g/mol. The highest BCUT2D eigenvalue weighted by Crippen LogP contribution is 2.29. The molecule has 0 spiro atoms. The first kappa shape index (κ1) is 27.3. The summed E-state index contributed by atoms with van der Waals surface area (Å²) in [6, 6.07) is 17.2. The lowest BCUT2D eigenvalue weighted by atomic mass is 9.94. The van der Waals surface area contributed by atoms with E-state index in [1.165, 1.54) is 16.0 Å². The van der Waals surface area contributed by atoms with E-state index in [2.05, 4.69) is 23.6 Å². The van der Waals surface area contributed by atoms with Crippen LogP contribution in [0.2, 0.25) is 0 Å². The van der Waals surface area contributed by atoms with Crippen molar-refractivity contribution in [3.63, 3.8) is 0 Å². The molecule has 1 unspecified atom stereocenters. The number of ether oxygens (including phenoxy) is 2. The summed E-state index contributed by atoms with van der Waals surface area (Å²) in [5.74, 6) is 0.396. The topological polar surface area (TPSA) is 82.6 Å². The fourth-order valence-electron chi connectivity index (χ4n) is 5.31. The molecule has 1 saturated heterocycles. The number of aliphatic hydroxyl groups is 1. The number of nitrogens with zero attached hydrogens (tertiary/aromatic N) is 3. The predicted molar refractivity (Wildman–Crippen MR) is 150 cm³/mol. The van der Waals surface area contributed by atoms with Gasteiger partial charge in [-0.2, -0.15) is 0 Å². The molecule has 3 aromatic carbocycles. The summed E-state index contributed by atoms with van der Waals surface area (Å²) in [6.45, 7) is 10.1. The van der Waals surface area contributed by atoms with E-state index >= 15 is 0 Å². The van der Waals surface area contributed by atoms with Crippen molar-refractivity contribution in [2.75, 3.05) is 65.6 Å². The summed E-state index contributed by atoms with van der Waals surface area (Å²) in [7, 11) is 0. The summed E-state index contributed by atoms with van der Waals surface area (Å²) in [5.41, 5.74) is 3.63. The molecule has 2 aliphatic heterocycles. The molecular weight excluding hydrogens is 494 g/mol. The van der Waals surface area contributed by atoms with Crippen molar-refractivity contribution < 1.29 is 24.2 Å². The molecule has 0 aliphatic carbocycles. The lowest BCUT2D eigenvalue weighted by molar-refractivity contribution is -0.000355. The van der Waals surface area contributed by atoms with Crippen LogP contribution in [-0.2, 0) is 4.74 Å². The molecule has 206 valence electrons. The van der Waals surface area contributed by atoms with E-state index in [1.54, 1.807) is 12.1 Å². The van der Waals surface area contributed by atoms with Crippen molar-refractivity contribution in [1.29, 1.82) is 0 Å². The second kappa shape index (κ2) is 12.3. The Kier molecular flexibility index (Phi) is 8.57. The summed E-state index contributed by atoms with van der Waals surface area (Å²) in [6.07, 6.45) is -0.565. The van der Waals surface area contributed by atoms with Gasteiger partial charge in [0, 0.05) is 62.3 Å². The van der Waals surface area contributed by atoms with Crippen LogP contribution in [0.4, 0.5) is 0 Å². The van der Waals surface area contributed by atoms with Crippen LogP contribution in [-0.4, -0.2) is 103 Å². The number of carbonyl (C=O) groups is 2. The molecule has 5 rings (SSSR count). The number of carbonyl (C=O) groups excluding carboxylic acids is 2. The SMILES string of the molecule is Cc1ccc(OCCOCC(O)CN2CCN(CCN3C(=O)c4cccc5cccc(c45)C3=O)CC2)cc1C. The summed E-state index contributed by atoms with van der Waals surface area (Å²) < 4.78 is 11.4. The molecular formula is C31H37N3O5.